The van der Waals surface area contributed by atoms with E-state index in [2.05, 4.69) is 13.8 Å². The van der Waals surface area contributed by atoms with Gasteiger partial charge in [-0.15, -0.1) is 0 Å². The van der Waals surface area contributed by atoms with E-state index in [0.717, 1.165) is 12.0 Å². The Morgan fingerprint density at radius 2 is 2.33 bits per heavy atom. The van der Waals surface area contributed by atoms with Crippen LogP contribution in [0.25, 0.3) is 0 Å². The van der Waals surface area contributed by atoms with E-state index in [-0.39, 0.29) is 4.92 Å². The van der Waals surface area contributed by atoms with Gasteiger partial charge in [-0.1, -0.05) is 25.2 Å². The first kappa shape index (κ1) is 9.19. The monoisotopic (exact) mass is 185 g/mol. The minimum atomic E-state index is -0.303. The Hall–Kier alpha value is -0.900. The van der Waals surface area contributed by atoms with Crippen molar-refractivity contribution in [2.24, 2.45) is 5.92 Å². The highest BCUT2D eigenvalue weighted by Gasteiger charge is 2.15. The molecule has 0 aliphatic heterocycles. The Balaban J connectivity index is 2.84. The van der Waals surface area contributed by atoms with E-state index in [1.807, 2.05) is 6.07 Å². The summed E-state index contributed by atoms with van der Waals surface area (Å²) in [5.74, 6) is 0.471. The summed E-state index contributed by atoms with van der Waals surface area (Å²) in [5.41, 5.74) is 0.861. The van der Waals surface area contributed by atoms with Crippen LogP contribution in [0.1, 0.15) is 19.4 Å². The van der Waals surface area contributed by atoms with Gasteiger partial charge in [-0.25, -0.2) is 0 Å². The van der Waals surface area contributed by atoms with Gasteiger partial charge < -0.3 is 0 Å². The van der Waals surface area contributed by atoms with Crippen LogP contribution in [0.15, 0.2) is 11.4 Å². The first-order valence-electron chi connectivity index (χ1n) is 3.82. The Morgan fingerprint density at radius 3 is 2.83 bits per heavy atom. The van der Waals surface area contributed by atoms with E-state index in [9.17, 15) is 10.1 Å². The highest BCUT2D eigenvalue weighted by atomic mass is 32.1. The quantitative estimate of drug-likeness (QED) is 0.536. The number of rotatable bonds is 3. The minimum Gasteiger partial charge on any atom is -0.258 e. The molecule has 0 fully saturated rings. The summed E-state index contributed by atoms with van der Waals surface area (Å²) in [6.07, 6.45) is 0.791. The number of hydrogen-bond acceptors (Lipinski definition) is 3. The average Bonchev–Trinajstić information content (AvgIpc) is 2.33. The molecule has 3 nitrogen and oxygen atoms in total. The second-order valence-electron chi connectivity index (χ2n) is 3.11. The van der Waals surface area contributed by atoms with E-state index < -0.39 is 0 Å². The van der Waals surface area contributed by atoms with Crippen LogP contribution in [0.5, 0.6) is 0 Å². The van der Waals surface area contributed by atoms with Gasteiger partial charge >= 0.3 is 5.00 Å². The van der Waals surface area contributed by atoms with Crippen molar-refractivity contribution >= 4 is 16.3 Å². The molecule has 4 heteroatoms. The molecule has 1 aromatic heterocycles. The fourth-order valence-corrected chi connectivity index (χ4v) is 1.83. The first-order valence-corrected chi connectivity index (χ1v) is 4.70. The summed E-state index contributed by atoms with van der Waals surface area (Å²) in [6.45, 7) is 4.11. The molecule has 1 rings (SSSR count). The SMILES string of the molecule is CC(C)Cc1ccsc1[N+](=O)[O-]. The maximum absolute atomic E-state index is 10.5. The number of nitrogens with zero attached hydrogens (tertiary/aromatic N) is 1. The number of nitro groups is 1. The van der Waals surface area contributed by atoms with Crippen LogP contribution in [0.4, 0.5) is 5.00 Å². The molecule has 0 saturated carbocycles. The molecule has 12 heavy (non-hydrogen) atoms. The van der Waals surface area contributed by atoms with Gasteiger partial charge in [-0.05, 0) is 23.8 Å². The molecule has 0 N–H and O–H groups in total. The molecule has 0 bridgehead atoms. The molecule has 0 aliphatic rings. The fraction of sp³-hybridized carbons (Fsp3) is 0.500. The van der Waals surface area contributed by atoms with E-state index in [1.165, 1.54) is 11.3 Å². The zero-order valence-corrected chi connectivity index (χ0v) is 7.93. The first-order chi connectivity index (χ1) is 5.61. The second-order valence-corrected chi connectivity index (χ2v) is 4.00. The normalized spacial score (nSPS) is 10.6. The molecular weight excluding hydrogens is 174 g/mol. The zero-order valence-electron chi connectivity index (χ0n) is 7.11. The maximum Gasteiger partial charge on any atom is 0.327 e. The molecule has 1 aromatic rings. The van der Waals surface area contributed by atoms with E-state index in [1.54, 1.807) is 5.38 Å². The van der Waals surface area contributed by atoms with Gasteiger partial charge in [-0.2, -0.15) is 0 Å². The lowest BCUT2D eigenvalue weighted by Gasteiger charge is -2.00. The number of thiophene rings is 1. The predicted molar refractivity (Wildman–Crippen MR) is 49.5 cm³/mol. The Morgan fingerprint density at radius 1 is 1.67 bits per heavy atom. The van der Waals surface area contributed by atoms with Crippen LogP contribution in [0.3, 0.4) is 0 Å². The van der Waals surface area contributed by atoms with Crippen LogP contribution < -0.4 is 0 Å². The van der Waals surface area contributed by atoms with Gasteiger partial charge in [0, 0.05) is 5.56 Å². The number of hydrogen-bond donors (Lipinski definition) is 0. The molecule has 0 aliphatic carbocycles. The van der Waals surface area contributed by atoms with Crippen LogP contribution in [0, 0.1) is 16.0 Å². The maximum atomic E-state index is 10.5. The van der Waals surface area contributed by atoms with Crippen LogP contribution in [0.2, 0.25) is 0 Å². The summed E-state index contributed by atoms with van der Waals surface area (Å²) in [6, 6.07) is 1.84. The largest absolute Gasteiger partial charge is 0.327 e. The topological polar surface area (TPSA) is 43.1 Å². The van der Waals surface area contributed by atoms with Gasteiger partial charge in [0.15, 0.2) is 0 Å². The molecule has 0 saturated heterocycles. The smallest absolute Gasteiger partial charge is 0.258 e. The van der Waals surface area contributed by atoms with Gasteiger partial charge in [0.25, 0.3) is 0 Å². The molecule has 0 spiro atoms. The van der Waals surface area contributed by atoms with Crippen LogP contribution in [-0.4, -0.2) is 4.92 Å². The van der Waals surface area contributed by atoms with Gasteiger partial charge in [0.2, 0.25) is 0 Å². The summed E-state index contributed by atoms with van der Waals surface area (Å²) in [5, 5.41) is 12.5. The van der Waals surface area contributed by atoms with Crippen molar-refractivity contribution in [3.8, 4) is 0 Å². The summed E-state index contributed by atoms with van der Waals surface area (Å²) < 4.78 is 0. The molecular formula is C8H11NO2S. The van der Waals surface area contributed by atoms with E-state index in [0.29, 0.717) is 10.9 Å². The second kappa shape index (κ2) is 3.67. The zero-order chi connectivity index (χ0) is 9.14. The lowest BCUT2D eigenvalue weighted by molar-refractivity contribution is -0.380. The lowest BCUT2D eigenvalue weighted by Crippen LogP contribution is -1.95. The third-order valence-corrected chi connectivity index (χ3v) is 2.42. The average molecular weight is 185 g/mol. The van der Waals surface area contributed by atoms with Crippen LogP contribution >= 0.6 is 11.3 Å². The molecule has 0 unspecified atom stereocenters. The molecule has 0 amide bonds. The molecule has 0 atom stereocenters. The van der Waals surface area contributed by atoms with E-state index >= 15 is 0 Å². The van der Waals surface area contributed by atoms with Crippen molar-refractivity contribution in [2.75, 3.05) is 0 Å². The standard InChI is InChI=1S/C8H11NO2S/c1-6(2)5-7-3-4-12-8(7)9(10)11/h3-4,6H,5H2,1-2H3. The predicted octanol–water partition coefficient (Wildman–Crippen LogP) is 2.85. The van der Waals surface area contributed by atoms with Crippen molar-refractivity contribution in [1.82, 2.24) is 0 Å². The third kappa shape index (κ3) is 2.04. The lowest BCUT2D eigenvalue weighted by atomic mass is 10.1. The summed E-state index contributed by atoms with van der Waals surface area (Å²) in [4.78, 5) is 10.2. The molecule has 66 valence electrons. The summed E-state index contributed by atoms with van der Waals surface area (Å²) >= 11 is 1.20. The molecule has 0 radical (unpaired) electrons. The van der Waals surface area contributed by atoms with Crippen molar-refractivity contribution in [2.45, 2.75) is 20.3 Å². The van der Waals surface area contributed by atoms with Crippen LogP contribution in [-0.2, 0) is 6.42 Å². The van der Waals surface area contributed by atoms with Gasteiger partial charge in [0.05, 0.1) is 4.92 Å². The van der Waals surface area contributed by atoms with E-state index in [4.69, 9.17) is 0 Å². The van der Waals surface area contributed by atoms with Gasteiger partial charge in [0.1, 0.15) is 0 Å². The summed E-state index contributed by atoms with van der Waals surface area (Å²) in [7, 11) is 0. The Kier molecular flexibility index (Phi) is 2.81. The highest BCUT2D eigenvalue weighted by Crippen LogP contribution is 2.27. The van der Waals surface area contributed by atoms with Crippen molar-refractivity contribution in [1.29, 1.82) is 0 Å². The molecule has 0 aromatic carbocycles. The Labute approximate surface area is 75.2 Å². The van der Waals surface area contributed by atoms with Gasteiger partial charge in [-0.3, -0.25) is 10.1 Å². The molecule has 1 heterocycles. The fourth-order valence-electron chi connectivity index (χ4n) is 1.08. The Bertz CT molecular complexity index is 280. The van der Waals surface area contributed by atoms with Crippen molar-refractivity contribution < 1.29 is 4.92 Å². The minimum absolute atomic E-state index is 0.295. The van der Waals surface area contributed by atoms with Crippen molar-refractivity contribution in [3.63, 3.8) is 0 Å². The third-order valence-electron chi connectivity index (χ3n) is 1.52. The highest BCUT2D eigenvalue weighted by molar-refractivity contribution is 7.13. The van der Waals surface area contributed by atoms with Crippen molar-refractivity contribution in [3.05, 3.63) is 27.1 Å².